The molecule has 0 aliphatic heterocycles. The quantitative estimate of drug-likeness (QED) is 0.783. The Hall–Kier alpha value is -1.08. The van der Waals surface area contributed by atoms with Gasteiger partial charge in [-0.3, -0.25) is 4.79 Å². The molecule has 1 unspecified atom stereocenters. The molecule has 0 heterocycles. The first-order valence-electron chi connectivity index (χ1n) is 6.93. The van der Waals surface area contributed by atoms with E-state index in [1.807, 2.05) is 13.8 Å². The van der Waals surface area contributed by atoms with Crippen molar-refractivity contribution in [3.63, 3.8) is 0 Å². The Balaban J connectivity index is 2.24. The molecular formula is C14H25N3O. The summed E-state index contributed by atoms with van der Waals surface area (Å²) in [4.78, 5) is 14.1. The maximum absolute atomic E-state index is 11.8. The number of carbonyl (C=O) groups excluding carboxylic acids is 1. The van der Waals surface area contributed by atoms with Gasteiger partial charge in [0, 0.05) is 19.1 Å². The number of amides is 1. The van der Waals surface area contributed by atoms with Crippen LogP contribution in [0, 0.1) is 23.2 Å². The largest absolute Gasteiger partial charge is 0.354 e. The maximum atomic E-state index is 11.8. The minimum atomic E-state index is -0.526. The average molecular weight is 251 g/mol. The summed E-state index contributed by atoms with van der Waals surface area (Å²) in [5.74, 6) is -0.586. The van der Waals surface area contributed by atoms with Crippen molar-refractivity contribution in [2.45, 2.75) is 45.6 Å². The Kier molecular flexibility index (Phi) is 6.14. The van der Waals surface area contributed by atoms with Crippen molar-refractivity contribution in [1.29, 1.82) is 5.26 Å². The van der Waals surface area contributed by atoms with Crippen molar-refractivity contribution in [1.82, 2.24) is 10.2 Å². The molecule has 0 spiro atoms. The van der Waals surface area contributed by atoms with E-state index in [1.54, 1.807) is 0 Å². The molecule has 4 heteroatoms. The molecular weight excluding hydrogens is 226 g/mol. The zero-order chi connectivity index (χ0) is 13.5. The van der Waals surface area contributed by atoms with Crippen LogP contribution >= 0.6 is 0 Å². The molecule has 1 N–H and O–H groups in total. The van der Waals surface area contributed by atoms with Crippen molar-refractivity contribution in [3.05, 3.63) is 0 Å². The van der Waals surface area contributed by atoms with E-state index in [2.05, 4.69) is 23.3 Å². The first kappa shape index (κ1) is 15.0. The number of rotatable bonds is 6. The molecule has 1 fully saturated rings. The molecule has 0 saturated heterocycles. The molecule has 1 atom stereocenters. The zero-order valence-electron chi connectivity index (χ0n) is 11.8. The van der Waals surface area contributed by atoms with Crippen LogP contribution in [0.3, 0.4) is 0 Å². The van der Waals surface area contributed by atoms with Crippen molar-refractivity contribution in [2.24, 2.45) is 11.8 Å². The Bertz CT molecular complexity index is 303. The lowest BCUT2D eigenvalue weighted by Gasteiger charge is -2.24. The highest BCUT2D eigenvalue weighted by Crippen LogP contribution is 2.21. The third-order valence-electron chi connectivity index (χ3n) is 3.80. The van der Waals surface area contributed by atoms with E-state index < -0.39 is 5.92 Å². The van der Waals surface area contributed by atoms with Crippen LogP contribution in [0.5, 0.6) is 0 Å². The fourth-order valence-electron chi connectivity index (χ4n) is 2.50. The van der Waals surface area contributed by atoms with Gasteiger partial charge >= 0.3 is 0 Å². The first-order valence-corrected chi connectivity index (χ1v) is 6.93. The summed E-state index contributed by atoms with van der Waals surface area (Å²) < 4.78 is 0. The second-order valence-electron chi connectivity index (χ2n) is 5.56. The topological polar surface area (TPSA) is 56.1 Å². The molecule has 1 amide bonds. The van der Waals surface area contributed by atoms with Crippen LogP contribution in [0.1, 0.15) is 39.5 Å². The van der Waals surface area contributed by atoms with E-state index in [4.69, 9.17) is 5.26 Å². The van der Waals surface area contributed by atoms with Crippen LogP contribution in [-0.4, -0.2) is 37.0 Å². The van der Waals surface area contributed by atoms with Crippen molar-refractivity contribution < 1.29 is 4.79 Å². The molecule has 1 aliphatic carbocycles. The molecule has 0 radical (unpaired) electrons. The number of hydrogen-bond donors (Lipinski definition) is 1. The number of carbonyl (C=O) groups is 1. The normalized spacial score (nSPS) is 18.0. The third kappa shape index (κ3) is 4.30. The number of nitrogens with one attached hydrogen (secondary N) is 1. The number of nitrogens with zero attached hydrogens (tertiary/aromatic N) is 2. The highest BCUT2D eigenvalue weighted by atomic mass is 16.1. The van der Waals surface area contributed by atoms with E-state index in [0.29, 0.717) is 12.6 Å². The van der Waals surface area contributed by atoms with Gasteiger partial charge in [-0.15, -0.1) is 0 Å². The monoisotopic (exact) mass is 251 g/mol. The first-order chi connectivity index (χ1) is 8.56. The smallest absolute Gasteiger partial charge is 0.237 e. The molecule has 4 nitrogen and oxygen atoms in total. The van der Waals surface area contributed by atoms with Gasteiger partial charge in [0.2, 0.25) is 5.91 Å². The standard InChI is InChI=1S/C14H25N3O/c1-11(2)13(10-15)14(18)16-8-9-17(3)12-6-4-5-7-12/h11-13H,4-9H2,1-3H3,(H,16,18). The van der Waals surface area contributed by atoms with Gasteiger partial charge in [0.25, 0.3) is 0 Å². The van der Waals surface area contributed by atoms with Crippen LogP contribution in [0.2, 0.25) is 0 Å². The van der Waals surface area contributed by atoms with Gasteiger partial charge in [-0.2, -0.15) is 5.26 Å². The number of nitriles is 1. The van der Waals surface area contributed by atoms with E-state index in [9.17, 15) is 4.79 Å². The van der Waals surface area contributed by atoms with Crippen molar-refractivity contribution >= 4 is 5.91 Å². The van der Waals surface area contributed by atoms with E-state index in [0.717, 1.165) is 6.54 Å². The fourth-order valence-corrected chi connectivity index (χ4v) is 2.50. The summed E-state index contributed by atoms with van der Waals surface area (Å²) in [6.07, 6.45) is 5.20. The lowest BCUT2D eigenvalue weighted by Crippen LogP contribution is -2.40. The Morgan fingerprint density at radius 3 is 2.56 bits per heavy atom. The SMILES string of the molecule is CC(C)C(C#N)C(=O)NCCN(C)C1CCCC1. The molecule has 0 bridgehead atoms. The lowest BCUT2D eigenvalue weighted by atomic mass is 9.97. The third-order valence-corrected chi connectivity index (χ3v) is 3.80. The molecule has 102 valence electrons. The summed E-state index contributed by atoms with van der Waals surface area (Å²) in [5.41, 5.74) is 0. The minimum Gasteiger partial charge on any atom is -0.354 e. The number of likely N-dealkylation sites (N-methyl/N-ethyl adjacent to an activating group) is 1. The second-order valence-corrected chi connectivity index (χ2v) is 5.56. The molecule has 18 heavy (non-hydrogen) atoms. The molecule has 1 aliphatic rings. The second kappa shape index (κ2) is 7.38. The summed E-state index contributed by atoms with van der Waals surface area (Å²) >= 11 is 0. The van der Waals surface area contributed by atoms with Gasteiger partial charge in [0.05, 0.1) is 6.07 Å². The van der Waals surface area contributed by atoms with Gasteiger partial charge in [-0.25, -0.2) is 0 Å². The van der Waals surface area contributed by atoms with E-state index in [-0.39, 0.29) is 11.8 Å². The zero-order valence-corrected chi connectivity index (χ0v) is 11.8. The summed E-state index contributed by atoms with van der Waals surface area (Å²) in [5, 5.41) is 11.8. The summed E-state index contributed by atoms with van der Waals surface area (Å²) in [6.45, 7) is 5.31. The Labute approximate surface area is 110 Å². The van der Waals surface area contributed by atoms with Crippen LogP contribution in [0.4, 0.5) is 0 Å². The molecule has 1 rings (SSSR count). The molecule has 0 aromatic rings. The number of hydrogen-bond acceptors (Lipinski definition) is 3. The molecule has 0 aromatic heterocycles. The van der Waals surface area contributed by atoms with Gasteiger partial charge in [-0.05, 0) is 25.8 Å². The lowest BCUT2D eigenvalue weighted by molar-refractivity contribution is -0.124. The van der Waals surface area contributed by atoms with E-state index in [1.165, 1.54) is 25.7 Å². The van der Waals surface area contributed by atoms with Gasteiger partial charge in [0.15, 0.2) is 0 Å². The Morgan fingerprint density at radius 1 is 1.44 bits per heavy atom. The highest BCUT2D eigenvalue weighted by molar-refractivity contribution is 5.81. The summed E-state index contributed by atoms with van der Waals surface area (Å²) in [7, 11) is 2.12. The molecule has 0 aromatic carbocycles. The van der Waals surface area contributed by atoms with Crippen LogP contribution in [-0.2, 0) is 4.79 Å². The van der Waals surface area contributed by atoms with E-state index >= 15 is 0 Å². The van der Waals surface area contributed by atoms with Gasteiger partial charge in [-0.1, -0.05) is 26.7 Å². The average Bonchev–Trinajstić information content (AvgIpc) is 2.82. The van der Waals surface area contributed by atoms with Crippen LogP contribution in [0.15, 0.2) is 0 Å². The summed E-state index contributed by atoms with van der Waals surface area (Å²) in [6, 6.07) is 2.75. The predicted molar refractivity (Wildman–Crippen MR) is 71.8 cm³/mol. The maximum Gasteiger partial charge on any atom is 0.237 e. The Morgan fingerprint density at radius 2 is 2.06 bits per heavy atom. The van der Waals surface area contributed by atoms with Crippen molar-refractivity contribution in [3.8, 4) is 6.07 Å². The van der Waals surface area contributed by atoms with Crippen LogP contribution < -0.4 is 5.32 Å². The van der Waals surface area contributed by atoms with Gasteiger partial charge < -0.3 is 10.2 Å². The minimum absolute atomic E-state index is 0.0718. The molecule has 1 saturated carbocycles. The van der Waals surface area contributed by atoms with Crippen LogP contribution in [0.25, 0.3) is 0 Å². The van der Waals surface area contributed by atoms with Crippen molar-refractivity contribution in [2.75, 3.05) is 20.1 Å². The predicted octanol–water partition coefficient (Wildman–Crippen LogP) is 1.77. The van der Waals surface area contributed by atoms with Gasteiger partial charge in [0.1, 0.15) is 5.92 Å². The highest BCUT2D eigenvalue weighted by Gasteiger charge is 2.22. The fraction of sp³-hybridized carbons (Fsp3) is 0.857.